The van der Waals surface area contributed by atoms with Crippen molar-refractivity contribution in [3.63, 3.8) is 0 Å². The maximum Gasteiger partial charge on any atom is 0.326 e. The maximum atomic E-state index is 12.5. The third kappa shape index (κ3) is 11.1. The molecule has 0 fully saturated rings. The van der Waals surface area contributed by atoms with Crippen molar-refractivity contribution in [3.05, 3.63) is 0 Å². The minimum absolute atomic E-state index is 0.277. The van der Waals surface area contributed by atoms with E-state index in [9.17, 15) is 33.6 Å². The first-order valence-electron chi connectivity index (χ1n) is 8.92. The molecule has 31 heavy (non-hydrogen) atoms. The van der Waals surface area contributed by atoms with Gasteiger partial charge >= 0.3 is 11.9 Å². The highest BCUT2D eigenvalue weighted by molar-refractivity contribution is 5.96. The van der Waals surface area contributed by atoms with Gasteiger partial charge in [-0.3, -0.25) is 28.8 Å². The Balaban J connectivity index is 5.51. The van der Waals surface area contributed by atoms with Gasteiger partial charge in [-0.25, -0.2) is 4.79 Å². The summed E-state index contributed by atoms with van der Waals surface area (Å²) < 4.78 is 0. The van der Waals surface area contributed by atoms with Crippen molar-refractivity contribution in [3.8, 4) is 0 Å². The molecule has 0 saturated carbocycles. The molecule has 0 aliphatic heterocycles. The molecule has 174 valence electrons. The summed E-state index contributed by atoms with van der Waals surface area (Å²) in [6.07, 6.45) is -2.34. The molecular formula is C16H26N6O9. The SMILES string of the molecule is CC(N)C(=O)NC(CCC(N)=O)C(=O)NC(CC(=O)O)C(=O)NC(CC(N)=O)C(=O)O. The summed E-state index contributed by atoms with van der Waals surface area (Å²) in [5.41, 5.74) is 15.3. The molecule has 0 aromatic carbocycles. The van der Waals surface area contributed by atoms with Gasteiger partial charge in [-0.05, 0) is 13.3 Å². The second kappa shape index (κ2) is 12.7. The average molecular weight is 446 g/mol. The number of carboxylic acid groups (broad SMARTS) is 2. The Hall–Kier alpha value is -3.75. The topological polar surface area (TPSA) is 274 Å². The van der Waals surface area contributed by atoms with Crippen molar-refractivity contribution in [1.29, 1.82) is 0 Å². The van der Waals surface area contributed by atoms with Crippen LogP contribution in [0.15, 0.2) is 0 Å². The first-order chi connectivity index (χ1) is 14.2. The summed E-state index contributed by atoms with van der Waals surface area (Å²) in [5, 5.41) is 24.3. The zero-order chi connectivity index (χ0) is 24.3. The summed E-state index contributed by atoms with van der Waals surface area (Å²) in [6.45, 7) is 1.32. The number of nitrogens with two attached hydrogens (primary N) is 3. The molecule has 11 N–H and O–H groups in total. The number of carboxylic acids is 2. The first kappa shape index (κ1) is 27.2. The Morgan fingerprint density at radius 2 is 1.23 bits per heavy atom. The van der Waals surface area contributed by atoms with Crippen LogP contribution >= 0.6 is 0 Å². The Kier molecular flexibility index (Phi) is 11.2. The van der Waals surface area contributed by atoms with Crippen molar-refractivity contribution < 1.29 is 43.8 Å². The molecule has 0 aromatic rings. The zero-order valence-corrected chi connectivity index (χ0v) is 16.6. The molecule has 15 heteroatoms. The number of primary amides is 2. The summed E-state index contributed by atoms with van der Waals surface area (Å²) in [4.78, 5) is 80.9. The van der Waals surface area contributed by atoms with Crippen LogP contribution < -0.4 is 33.2 Å². The first-order valence-corrected chi connectivity index (χ1v) is 8.92. The normalized spacial score (nSPS) is 14.3. The molecule has 4 atom stereocenters. The van der Waals surface area contributed by atoms with Gasteiger partial charge in [0.15, 0.2) is 0 Å². The molecule has 0 aliphatic rings. The number of hydrogen-bond acceptors (Lipinski definition) is 8. The highest BCUT2D eigenvalue weighted by Gasteiger charge is 2.31. The van der Waals surface area contributed by atoms with Crippen LogP contribution in [0.4, 0.5) is 0 Å². The molecule has 4 unspecified atom stereocenters. The second-order valence-electron chi connectivity index (χ2n) is 6.58. The third-order valence-corrected chi connectivity index (χ3v) is 3.76. The zero-order valence-electron chi connectivity index (χ0n) is 16.6. The standard InChI is InChI=1S/C16H26N6O9/c1-6(17)13(27)20-7(2-3-10(18)23)14(28)21-8(5-12(25)26)15(29)22-9(16(30)31)4-11(19)24/h6-9H,2-5,17H2,1H3,(H2,18,23)(H2,19,24)(H,20,27)(H,21,28)(H,22,29)(H,25,26)(H,30,31). The van der Waals surface area contributed by atoms with Crippen LogP contribution in [0, 0.1) is 0 Å². The molecule has 0 aromatic heterocycles. The van der Waals surface area contributed by atoms with E-state index in [0.717, 1.165) is 0 Å². The summed E-state index contributed by atoms with van der Waals surface area (Å²) in [6, 6.07) is -5.95. The smallest absolute Gasteiger partial charge is 0.326 e. The predicted molar refractivity (Wildman–Crippen MR) is 102 cm³/mol. The van der Waals surface area contributed by atoms with E-state index in [0.29, 0.717) is 0 Å². The molecule has 0 heterocycles. The quantitative estimate of drug-likeness (QED) is 0.126. The molecule has 0 rings (SSSR count). The van der Waals surface area contributed by atoms with Crippen LogP contribution in [0.25, 0.3) is 0 Å². The molecular weight excluding hydrogens is 420 g/mol. The number of carbonyl (C=O) groups excluding carboxylic acids is 5. The van der Waals surface area contributed by atoms with Crippen molar-refractivity contribution in [2.24, 2.45) is 17.2 Å². The largest absolute Gasteiger partial charge is 0.481 e. The van der Waals surface area contributed by atoms with Gasteiger partial charge in [-0.2, -0.15) is 0 Å². The molecule has 0 aliphatic carbocycles. The summed E-state index contributed by atoms with van der Waals surface area (Å²) >= 11 is 0. The van der Waals surface area contributed by atoms with Crippen molar-refractivity contribution in [2.45, 2.75) is 56.8 Å². The predicted octanol–water partition coefficient (Wildman–Crippen LogP) is -4.51. The fourth-order valence-corrected chi connectivity index (χ4v) is 2.19. The van der Waals surface area contributed by atoms with Crippen LogP contribution in [-0.2, 0) is 33.6 Å². The Morgan fingerprint density at radius 3 is 1.65 bits per heavy atom. The minimum Gasteiger partial charge on any atom is -0.481 e. The average Bonchev–Trinajstić information content (AvgIpc) is 2.62. The molecule has 0 saturated heterocycles. The fourth-order valence-electron chi connectivity index (χ4n) is 2.19. The Labute approximate surface area is 176 Å². The van der Waals surface area contributed by atoms with E-state index in [1.165, 1.54) is 6.92 Å². The summed E-state index contributed by atoms with van der Waals surface area (Å²) in [7, 11) is 0. The van der Waals surface area contributed by atoms with Crippen LogP contribution in [0.5, 0.6) is 0 Å². The highest BCUT2D eigenvalue weighted by atomic mass is 16.4. The van der Waals surface area contributed by atoms with Crippen molar-refractivity contribution in [2.75, 3.05) is 0 Å². The number of carbonyl (C=O) groups is 7. The molecule has 0 spiro atoms. The molecule has 0 bridgehead atoms. The van der Waals surface area contributed by atoms with Gasteiger partial charge in [0.25, 0.3) is 0 Å². The van der Waals surface area contributed by atoms with E-state index >= 15 is 0 Å². The molecule has 5 amide bonds. The number of nitrogens with one attached hydrogen (secondary N) is 3. The van der Waals surface area contributed by atoms with E-state index in [1.807, 2.05) is 5.32 Å². The van der Waals surface area contributed by atoms with Crippen LogP contribution in [0.2, 0.25) is 0 Å². The van der Waals surface area contributed by atoms with Crippen molar-refractivity contribution in [1.82, 2.24) is 16.0 Å². The number of aliphatic carboxylic acids is 2. The maximum absolute atomic E-state index is 12.5. The monoisotopic (exact) mass is 446 g/mol. The molecule has 0 radical (unpaired) electrons. The highest BCUT2D eigenvalue weighted by Crippen LogP contribution is 2.03. The van der Waals surface area contributed by atoms with Crippen molar-refractivity contribution >= 4 is 41.5 Å². The van der Waals surface area contributed by atoms with E-state index in [1.54, 1.807) is 0 Å². The van der Waals surface area contributed by atoms with Crippen LogP contribution in [0.3, 0.4) is 0 Å². The van der Waals surface area contributed by atoms with E-state index in [2.05, 4.69) is 10.6 Å². The molecule has 15 nitrogen and oxygen atoms in total. The number of hydrogen-bond donors (Lipinski definition) is 8. The number of rotatable bonds is 14. The minimum atomic E-state index is -1.77. The third-order valence-electron chi connectivity index (χ3n) is 3.76. The van der Waals surface area contributed by atoms with Gasteiger partial charge in [0.05, 0.1) is 18.9 Å². The van der Waals surface area contributed by atoms with Gasteiger partial charge < -0.3 is 43.4 Å². The van der Waals surface area contributed by atoms with Gasteiger partial charge in [0.1, 0.15) is 18.1 Å². The van der Waals surface area contributed by atoms with E-state index in [-0.39, 0.29) is 12.8 Å². The van der Waals surface area contributed by atoms with Crippen LogP contribution in [-0.4, -0.2) is 75.9 Å². The van der Waals surface area contributed by atoms with E-state index in [4.69, 9.17) is 27.4 Å². The lowest BCUT2D eigenvalue weighted by Gasteiger charge is -2.24. The van der Waals surface area contributed by atoms with Crippen LogP contribution in [0.1, 0.15) is 32.6 Å². The lowest BCUT2D eigenvalue weighted by atomic mass is 10.1. The number of amides is 5. The van der Waals surface area contributed by atoms with Gasteiger partial charge in [-0.1, -0.05) is 0 Å². The Morgan fingerprint density at radius 1 is 0.742 bits per heavy atom. The lowest BCUT2D eigenvalue weighted by Crippen LogP contribution is -2.57. The second-order valence-corrected chi connectivity index (χ2v) is 6.58. The van der Waals surface area contributed by atoms with Gasteiger partial charge in [0.2, 0.25) is 29.5 Å². The van der Waals surface area contributed by atoms with Gasteiger partial charge in [-0.15, -0.1) is 0 Å². The Bertz CT molecular complexity index is 739. The lowest BCUT2D eigenvalue weighted by molar-refractivity contribution is -0.144. The van der Waals surface area contributed by atoms with E-state index < -0.39 is 78.5 Å². The fraction of sp³-hybridized carbons (Fsp3) is 0.562. The van der Waals surface area contributed by atoms with Gasteiger partial charge in [0, 0.05) is 6.42 Å². The summed E-state index contributed by atoms with van der Waals surface area (Å²) in [5.74, 6) is -8.00.